The van der Waals surface area contributed by atoms with E-state index in [1.165, 1.54) is 10.7 Å². The van der Waals surface area contributed by atoms with Crippen LogP contribution in [0, 0.1) is 11.3 Å². The average Bonchev–Trinajstić information content (AvgIpc) is 2.58. The van der Waals surface area contributed by atoms with Gasteiger partial charge in [0.25, 0.3) is 5.56 Å². The molecular weight excluding hydrogens is 192 g/mol. The minimum Gasteiger partial charge on any atom is -0.384 e. The molecule has 5 heteroatoms. The van der Waals surface area contributed by atoms with Crippen LogP contribution in [0.4, 0.5) is 5.82 Å². The molecule has 0 aliphatic carbocycles. The molecule has 0 saturated carbocycles. The van der Waals surface area contributed by atoms with Gasteiger partial charge in [-0.2, -0.15) is 5.26 Å². The number of hydrogen-bond donors (Lipinski definition) is 2. The highest BCUT2D eigenvalue weighted by Gasteiger charge is 2.02. The summed E-state index contributed by atoms with van der Waals surface area (Å²) >= 11 is 0. The van der Waals surface area contributed by atoms with Crippen molar-refractivity contribution in [2.45, 2.75) is 0 Å². The lowest BCUT2D eigenvalue weighted by Gasteiger charge is -2.03. The van der Waals surface area contributed by atoms with E-state index in [4.69, 9.17) is 11.0 Å². The summed E-state index contributed by atoms with van der Waals surface area (Å²) in [7, 11) is 0. The molecule has 1 aromatic heterocycles. The molecule has 0 unspecified atom stereocenters. The maximum Gasteiger partial charge on any atom is 0.266 e. The van der Waals surface area contributed by atoms with Crippen LogP contribution in [0.3, 0.4) is 0 Å². The highest BCUT2D eigenvalue weighted by atomic mass is 16.1. The fourth-order valence-corrected chi connectivity index (χ4v) is 1.30. The van der Waals surface area contributed by atoms with Crippen LogP contribution in [0.1, 0.15) is 5.56 Å². The molecule has 0 amide bonds. The first kappa shape index (κ1) is 9.09. The predicted octanol–water partition coefficient (Wildman–Crippen LogP) is 0.619. The molecule has 5 nitrogen and oxygen atoms in total. The number of nitriles is 1. The number of aromatic amines is 1. The van der Waals surface area contributed by atoms with Gasteiger partial charge in [0.2, 0.25) is 0 Å². The van der Waals surface area contributed by atoms with E-state index in [1.807, 2.05) is 6.07 Å². The molecule has 1 aromatic carbocycles. The number of nitrogens with zero attached hydrogens (tertiary/aromatic N) is 2. The zero-order valence-electron chi connectivity index (χ0n) is 7.77. The third kappa shape index (κ3) is 1.60. The Morgan fingerprint density at radius 3 is 2.47 bits per heavy atom. The van der Waals surface area contributed by atoms with Crippen molar-refractivity contribution in [3.63, 3.8) is 0 Å². The topological polar surface area (TPSA) is 87.6 Å². The molecule has 0 aliphatic heterocycles. The Balaban J connectivity index is 2.51. The van der Waals surface area contributed by atoms with Crippen LogP contribution in [-0.2, 0) is 0 Å². The first-order chi connectivity index (χ1) is 7.20. The Morgan fingerprint density at radius 1 is 1.33 bits per heavy atom. The number of benzene rings is 1. The van der Waals surface area contributed by atoms with Gasteiger partial charge in [0.1, 0.15) is 5.82 Å². The largest absolute Gasteiger partial charge is 0.384 e. The summed E-state index contributed by atoms with van der Waals surface area (Å²) in [6.45, 7) is 0. The number of H-pyrrole nitrogens is 1. The van der Waals surface area contributed by atoms with Crippen molar-refractivity contribution in [3.8, 4) is 11.8 Å². The molecule has 0 saturated heterocycles. The highest BCUT2D eigenvalue weighted by Crippen LogP contribution is 2.10. The quantitative estimate of drug-likeness (QED) is 0.707. The van der Waals surface area contributed by atoms with Gasteiger partial charge in [-0.3, -0.25) is 9.89 Å². The summed E-state index contributed by atoms with van der Waals surface area (Å²) in [6.07, 6.45) is 0. The molecule has 0 aliphatic rings. The summed E-state index contributed by atoms with van der Waals surface area (Å²) in [5.74, 6) is 0.338. The number of anilines is 1. The molecule has 1 heterocycles. The molecular formula is C10H8N4O. The number of nitrogen functional groups attached to an aromatic ring is 1. The second kappa shape index (κ2) is 3.35. The highest BCUT2D eigenvalue weighted by molar-refractivity contribution is 5.44. The lowest BCUT2D eigenvalue weighted by molar-refractivity contribution is 0.873. The Kier molecular flexibility index (Phi) is 2.03. The van der Waals surface area contributed by atoms with Gasteiger partial charge in [-0.1, -0.05) is 0 Å². The molecule has 0 bridgehead atoms. The van der Waals surface area contributed by atoms with Gasteiger partial charge in [-0.15, -0.1) is 0 Å². The van der Waals surface area contributed by atoms with E-state index in [0.29, 0.717) is 17.1 Å². The van der Waals surface area contributed by atoms with Gasteiger partial charge in [-0.05, 0) is 24.3 Å². The fraction of sp³-hybridized carbons (Fsp3) is 0. The molecule has 2 aromatic rings. The van der Waals surface area contributed by atoms with Gasteiger partial charge in [0.15, 0.2) is 0 Å². The Bertz CT molecular complexity index is 571. The van der Waals surface area contributed by atoms with Gasteiger partial charge in [0.05, 0.1) is 17.3 Å². The summed E-state index contributed by atoms with van der Waals surface area (Å²) < 4.78 is 1.46. The van der Waals surface area contributed by atoms with Crippen molar-refractivity contribution in [1.82, 2.24) is 9.78 Å². The van der Waals surface area contributed by atoms with E-state index in [-0.39, 0.29) is 5.56 Å². The van der Waals surface area contributed by atoms with Crippen LogP contribution in [-0.4, -0.2) is 9.78 Å². The van der Waals surface area contributed by atoms with Crippen molar-refractivity contribution in [2.75, 3.05) is 5.73 Å². The SMILES string of the molecule is N#Cc1ccc(-n2[nH]c(=O)cc2N)cc1. The summed E-state index contributed by atoms with van der Waals surface area (Å²) in [5.41, 5.74) is 6.64. The smallest absolute Gasteiger partial charge is 0.266 e. The van der Waals surface area contributed by atoms with Gasteiger partial charge in [0, 0.05) is 6.07 Å². The van der Waals surface area contributed by atoms with Crippen LogP contribution in [0.5, 0.6) is 0 Å². The van der Waals surface area contributed by atoms with Crippen molar-refractivity contribution in [2.24, 2.45) is 0 Å². The summed E-state index contributed by atoms with van der Waals surface area (Å²) in [6, 6.07) is 10.1. The van der Waals surface area contributed by atoms with Crippen LogP contribution in [0.2, 0.25) is 0 Å². The van der Waals surface area contributed by atoms with E-state index < -0.39 is 0 Å². The van der Waals surface area contributed by atoms with E-state index in [1.54, 1.807) is 24.3 Å². The second-order valence-electron chi connectivity index (χ2n) is 3.04. The Morgan fingerprint density at radius 2 is 2.00 bits per heavy atom. The predicted molar refractivity (Wildman–Crippen MR) is 55.5 cm³/mol. The van der Waals surface area contributed by atoms with Crippen LogP contribution < -0.4 is 11.3 Å². The minimum absolute atomic E-state index is 0.253. The first-order valence-electron chi connectivity index (χ1n) is 4.29. The molecule has 0 radical (unpaired) electrons. The number of rotatable bonds is 1. The molecule has 74 valence electrons. The maximum atomic E-state index is 11.0. The third-order valence-corrected chi connectivity index (χ3v) is 2.01. The van der Waals surface area contributed by atoms with Crippen molar-refractivity contribution >= 4 is 5.82 Å². The van der Waals surface area contributed by atoms with E-state index in [2.05, 4.69) is 5.10 Å². The maximum absolute atomic E-state index is 11.0. The number of aromatic nitrogens is 2. The van der Waals surface area contributed by atoms with Gasteiger partial charge < -0.3 is 5.73 Å². The van der Waals surface area contributed by atoms with Gasteiger partial charge >= 0.3 is 0 Å². The molecule has 3 N–H and O–H groups in total. The standard InChI is InChI=1S/C10H8N4O/c11-6-7-1-3-8(4-2-7)14-9(12)5-10(15)13-14/h1-5H,12H2,(H,13,15). The first-order valence-corrected chi connectivity index (χ1v) is 4.29. The van der Waals surface area contributed by atoms with Crippen molar-refractivity contribution in [1.29, 1.82) is 5.26 Å². The number of hydrogen-bond acceptors (Lipinski definition) is 3. The number of nitrogens with two attached hydrogens (primary N) is 1. The van der Waals surface area contributed by atoms with Crippen LogP contribution in [0.25, 0.3) is 5.69 Å². The zero-order chi connectivity index (χ0) is 10.8. The molecule has 0 spiro atoms. The lowest BCUT2D eigenvalue weighted by atomic mass is 10.2. The molecule has 2 rings (SSSR count). The van der Waals surface area contributed by atoms with Crippen LogP contribution >= 0.6 is 0 Å². The van der Waals surface area contributed by atoms with Crippen LogP contribution in [0.15, 0.2) is 35.1 Å². The molecule has 15 heavy (non-hydrogen) atoms. The summed E-state index contributed by atoms with van der Waals surface area (Å²) in [5, 5.41) is 11.2. The minimum atomic E-state index is -0.253. The van der Waals surface area contributed by atoms with Gasteiger partial charge in [-0.25, -0.2) is 4.68 Å². The van der Waals surface area contributed by atoms with E-state index in [0.717, 1.165) is 0 Å². The lowest BCUT2D eigenvalue weighted by Crippen LogP contribution is -2.05. The monoisotopic (exact) mass is 200 g/mol. The average molecular weight is 200 g/mol. The number of nitrogens with one attached hydrogen (secondary N) is 1. The molecule has 0 fully saturated rings. The fourth-order valence-electron chi connectivity index (χ4n) is 1.30. The zero-order valence-corrected chi connectivity index (χ0v) is 7.77. The summed E-state index contributed by atoms with van der Waals surface area (Å²) in [4.78, 5) is 11.0. The molecule has 0 atom stereocenters. The normalized spacial score (nSPS) is 9.80. The van der Waals surface area contributed by atoms with E-state index in [9.17, 15) is 4.79 Å². The third-order valence-electron chi connectivity index (χ3n) is 2.01. The van der Waals surface area contributed by atoms with Crippen molar-refractivity contribution in [3.05, 3.63) is 46.2 Å². The Labute approximate surface area is 85.4 Å². The second-order valence-corrected chi connectivity index (χ2v) is 3.04. The Hall–Kier alpha value is -2.48. The van der Waals surface area contributed by atoms with Crippen molar-refractivity contribution < 1.29 is 0 Å². The van der Waals surface area contributed by atoms with E-state index >= 15 is 0 Å².